The van der Waals surface area contributed by atoms with Crippen molar-refractivity contribution in [2.24, 2.45) is 0 Å². The molecule has 172 valence electrons. The summed E-state index contributed by atoms with van der Waals surface area (Å²) >= 11 is 0. The van der Waals surface area contributed by atoms with Gasteiger partial charge in [0, 0.05) is 38.9 Å². The van der Waals surface area contributed by atoms with Crippen molar-refractivity contribution in [1.29, 1.82) is 0 Å². The fraction of sp³-hybridized carbons (Fsp3) is 0.480. The van der Waals surface area contributed by atoms with Crippen molar-refractivity contribution >= 4 is 11.6 Å². The van der Waals surface area contributed by atoms with Crippen LogP contribution in [-0.4, -0.2) is 71.5 Å². The second-order valence-electron chi connectivity index (χ2n) is 8.33. The van der Waals surface area contributed by atoms with E-state index in [0.29, 0.717) is 36.8 Å². The van der Waals surface area contributed by atoms with Crippen molar-refractivity contribution in [2.75, 3.05) is 65.6 Å². The Hall–Kier alpha value is -2.77. The molecule has 1 unspecified atom stereocenters. The second-order valence-corrected chi connectivity index (χ2v) is 8.33. The molecule has 2 aromatic rings. The molecule has 0 radical (unpaired) electrons. The van der Waals surface area contributed by atoms with E-state index < -0.39 is 0 Å². The largest absolute Gasteiger partial charge is 0.493 e. The summed E-state index contributed by atoms with van der Waals surface area (Å²) in [7, 11) is 5.27. The summed E-state index contributed by atoms with van der Waals surface area (Å²) < 4.78 is 16.4. The number of nitrogens with one attached hydrogen (secondary N) is 1. The molecule has 0 saturated carbocycles. The lowest BCUT2D eigenvalue weighted by molar-refractivity contribution is 0.0162. The first-order valence-corrected chi connectivity index (χ1v) is 11.3. The third kappa shape index (κ3) is 4.69. The number of aryl methyl sites for hydroxylation is 1. The molecule has 2 aromatic carbocycles. The van der Waals surface area contributed by atoms with Gasteiger partial charge in [0.1, 0.15) is 0 Å². The average Bonchev–Trinajstić information content (AvgIpc) is 2.84. The maximum atomic E-state index is 13.1. The summed E-state index contributed by atoms with van der Waals surface area (Å²) in [5.41, 5.74) is 4.40. The van der Waals surface area contributed by atoms with Crippen LogP contribution in [0.1, 0.15) is 33.9 Å². The highest BCUT2D eigenvalue weighted by molar-refractivity contribution is 5.97. The first kappa shape index (κ1) is 22.4. The molecule has 0 aromatic heterocycles. The van der Waals surface area contributed by atoms with E-state index in [9.17, 15) is 4.79 Å². The number of nitrogens with zero attached hydrogens (tertiary/aromatic N) is 2. The predicted octanol–water partition coefficient (Wildman–Crippen LogP) is 2.89. The van der Waals surface area contributed by atoms with Crippen molar-refractivity contribution in [2.45, 2.75) is 18.9 Å². The topological polar surface area (TPSA) is 63.3 Å². The number of para-hydroxylation sites is 1. The molecule has 0 aliphatic carbocycles. The predicted molar refractivity (Wildman–Crippen MR) is 125 cm³/mol. The normalized spacial score (nSPS) is 17.4. The van der Waals surface area contributed by atoms with Crippen LogP contribution < -0.4 is 19.7 Å². The van der Waals surface area contributed by atoms with Gasteiger partial charge in [0.15, 0.2) is 11.5 Å². The maximum Gasteiger partial charge on any atom is 0.255 e. The summed E-state index contributed by atoms with van der Waals surface area (Å²) in [5.74, 6) is 0.827. The van der Waals surface area contributed by atoms with Gasteiger partial charge in [-0.05, 0) is 42.2 Å². The molecular formula is C25H33N3O4. The number of rotatable bonds is 7. The minimum atomic E-state index is -0.170. The zero-order chi connectivity index (χ0) is 22.5. The summed E-state index contributed by atoms with van der Waals surface area (Å²) in [6, 6.07) is 12.2. The number of morpholine rings is 1. The van der Waals surface area contributed by atoms with Crippen LogP contribution in [0, 0.1) is 0 Å². The lowest BCUT2D eigenvalue weighted by Crippen LogP contribution is -2.44. The van der Waals surface area contributed by atoms with Crippen LogP contribution in [0.25, 0.3) is 0 Å². The zero-order valence-electron chi connectivity index (χ0n) is 19.2. The number of benzene rings is 2. The molecule has 0 spiro atoms. The zero-order valence-corrected chi connectivity index (χ0v) is 19.2. The number of anilines is 1. The number of methoxy groups -OCH3 is 2. The quantitative estimate of drug-likeness (QED) is 0.716. The van der Waals surface area contributed by atoms with E-state index in [2.05, 4.69) is 40.4 Å². The van der Waals surface area contributed by atoms with Crippen molar-refractivity contribution in [3.05, 3.63) is 53.1 Å². The molecule has 1 fully saturated rings. The Labute approximate surface area is 190 Å². The molecule has 4 rings (SSSR count). The maximum absolute atomic E-state index is 13.1. The van der Waals surface area contributed by atoms with Crippen LogP contribution in [0.3, 0.4) is 0 Å². The fourth-order valence-electron chi connectivity index (χ4n) is 4.71. The van der Waals surface area contributed by atoms with Gasteiger partial charge in [-0.2, -0.15) is 0 Å². The average molecular weight is 440 g/mol. The first-order valence-electron chi connectivity index (χ1n) is 11.3. The Morgan fingerprint density at radius 2 is 1.94 bits per heavy atom. The fourth-order valence-corrected chi connectivity index (χ4v) is 4.71. The van der Waals surface area contributed by atoms with Gasteiger partial charge in [-0.1, -0.05) is 18.2 Å². The number of fused-ring (bicyclic) bond motifs is 1. The Morgan fingerprint density at radius 3 is 2.69 bits per heavy atom. The van der Waals surface area contributed by atoms with Gasteiger partial charge < -0.3 is 24.4 Å². The van der Waals surface area contributed by atoms with Crippen LogP contribution in [0.4, 0.5) is 5.69 Å². The van der Waals surface area contributed by atoms with Gasteiger partial charge in [0.05, 0.1) is 39.0 Å². The van der Waals surface area contributed by atoms with Gasteiger partial charge in [0.25, 0.3) is 5.91 Å². The highest BCUT2D eigenvalue weighted by Crippen LogP contribution is 2.32. The van der Waals surface area contributed by atoms with Crippen LogP contribution in [0.15, 0.2) is 36.4 Å². The Kier molecular flexibility index (Phi) is 7.17. The van der Waals surface area contributed by atoms with E-state index in [-0.39, 0.29) is 11.9 Å². The van der Waals surface area contributed by atoms with Crippen molar-refractivity contribution in [3.8, 4) is 11.5 Å². The molecular weight excluding hydrogens is 406 g/mol. The molecule has 1 amide bonds. The Balaban J connectivity index is 1.57. The minimum Gasteiger partial charge on any atom is -0.493 e. The summed E-state index contributed by atoms with van der Waals surface area (Å²) in [6.07, 6.45) is 2.26. The first-order chi connectivity index (χ1) is 15.6. The van der Waals surface area contributed by atoms with Crippen LogP contribution >= 0.6 is 0 Å². The third-order valence-corrected chi connectivity index (χ3v) is 6.43. The van der Waals surface area contributed by atoms with Gasteiger partial charge in [-0.25, -0.2) is 0 Å². The van der Waals surface area contributed by atoms with Crippen molar-refractivity contribution in [1.82, 2.24) is 10.2 Å². The van der Waals surface area contributed by atoms with Gasteiger partial charge in [-0.3, -0.25) is 9.69 Å². The second kappa shape index (κ2) is 10.2. The highest BCUT2D eigenvalue weighted by atomic mass is 16.5. The van der Waals surface area contributed by atoms with E-state index in [0.717, 1.165) is 26.1 Å². The SMILES string of the molecule is COc1cccc(C(=O)NCC(c2ccc3c(c2)CCCN3C)N2CCOCC2)c1OC. The molecule has 2 aliphatic heterocycles. The molecule has 1 saturated heterocycles. The highest BCUT2D eigenvalue weighted by Gasteiger charge is 2.26. The Bertz CT molecular complexity index is 943. The number of hydrogen-bond acceptors (Lipinski definition) is 6. The molecule has 1 N–H and O–H groups in total. The van der Waals surface area contributed by atoms with Crippen LogP contribution in [0.2, 0.25) is 0 Å². The third-order valence-electron chi connectivity index (χ3n) is 6.43. The lowest BCUT2D eigenvalue weighted by Gasteiger charge is -2.36. The molecule has 2 aliphatic rings. The van der Waals surface area contributed by atoms with Gasteiger partial charge in [-0.15, -0.1) is 0 Å². The van der Waals surface area contributed by atoms with Crippen LogP contribution in [-0.2, 0) is 11.2 Å². The van der Waals surface area contributed by atoms with E-state index in [1.54, 1.807) is 32.4 Å². The molecule has 2 heterocycles. The lowest BCUT2D eigenvalue weighted by atomic mass is 9.95. The van der Waals surface area contributed by atoms with Crippen molar-refractivity contribution < 1.29 is 19.0 Å². The number of hydrogen-bond donors (Lipinski definition) is 1. The summed E-state index contributed by atoms with van der Waals surface area (Å²) in [5, 5.41) is 3.14. The smallest absolute Gasteiger partial charge is 0.255 e. The van der Waals surface area contributed by atoms with E-state index >= 15 is 0 Å². The molecule has 1 atom stereocenters. The molecule has 0 bridgehead atoms. The summed E-state index contributed by atoms with van der Waals surface area (Å²) in [4.78, 5) is 17.8. The Morgan fingerprint density at radius 1 is 1.12 bits per heavy atom. The van der Waals surface area contributed by atoms with Crippen molar-refractivity contribution in [3.63, 3.8) is 0 Å². The van der Waals surface area contributed by atoms with E-state index in [1.807, 2.05) is 0 Å². The van der Waals surface area contributed by atoms with Crippen LogP contribution in [0.5, 0.6) is 11.5 Å². The minimum absolute atomic E-state index is 0.0805. The number of ether oxygens (including phenoxy) is 3. The number of carbonyl (C=O) groups is 1. The van der Waals surface area contributed by atoms with E-state index in [4.69, 9.17) is 14.2 Å². The molecule has 7 heteroatoms. The number of carbonyl (C=O) groups excluding carboxylic acids is 1. The number of amides is 1. The molecule has 32 heavy (non-hydrogen) atoms. The van der Waals surface area contributed by atoms with E-state index in [1.165, 1.54) is 23.2 Å². The van der Waals surface area contributed by atoms with Gasteiger partial charge in [0.2, 0.25) is 0 Å². The monoisotopic (exact) mass is 439 g/mol. The summed E-state index contributed by atoms with van der Waals surface area (Å²) in [6.45, 7) is 4.72. The molecule has 7 nitrogen and oxygen atoms in total. The standard InChI is InChI=1S/C25H33N3O4/c1-27-11-5-6-18-16-19(9-10-21(18)27)22(28-12-14-32-15-13-28)17-26-25(29)20-7-4-8-23(30-2)24(20)31-3/h4,7-10,16,22H,5-6,11-15,17H2,1-3H3,(H,26,29). The van der Waals surface area contributed by atoms with Gasteiger partial charge >= 0.3 is 0 Å².